The van der Waals surface area contributed by atoms with Gasteiger partial charge < -0.3 is 25.0 Å². The minimum absolute atomic E-state index is 0.0278. The Bertz CT molecular complexity index is 976. The number of piperazine rings is 1. The lowest BCUT2D eigenvalue weighted by molar-refractivity contribution is -0.161. The molecule has 7 nitrogen and oxygen atoms in total. The topological polar surface area (TPSA) is 82.1 Å². The summed E-state index contributed by atoms with van der Waals surface area (Å²) in [6.07, 6.45) is 1.99. The number of fused-ring (bicyclic) bond motifs is 1. The molecule has 156 valence electrons. The Kier molecular flexibility index (Phi) is 4.62. The van der Waals surface area contributed by atoms with Gasteiger partial charge >= 0.3 is 0 Å². The zero-order valence-corrected chi connectivity index (χ0v) is 16.8. The second kappa shape index (κ2) is 7.32. The van der Waals surface area contributed by atoms with Crippen LogP contribution in [0.5, 0.6) is 5.75 Å². The number of hydrogen-bond donors (Lipinski definition) is 2. The largest absolute Gasteiger partial charge is 0.471 e. The van der Waals surface area contributed by atoms with Crippen LogP contribution in [-0.4, -0.2) is 65.2 Å². The van der Waals surface area contributed by atoms with Crippen LogP contribution in [0.2, 0.25) is 0 Å². The van der Waals surface area contributed by atoms with E-state index in [4.69, 9.17) is 4.74 Å². The molecule has 0 aromatic heterocycles. The molecule has 5 rings (SSSR count). The molecule has 1 saturated heterocycles. The highest BCUT2D eigenvalue weighted by atomic mass is 16.5. The van der Waals surface area contributed by atoms with Crippen LogP contribution in [0.15, 0.2) is 42.5 Å². The molecule has 2 aromatic rings. The van der Waals surface area contributed by atoms with Crippen LogP contribution < -0.4 is 10.1 Å². The van der Waals surface area contributed by atoms with Crippen LogP contribution in [0.4, 0.5) is 5.69 Å². The average molecular weight is 407 g/mol. The van der Waals surface area contributed by atoms with Crippen LogP contribution in [-0.2, 0) is 4.79 Å². The van der Waals surface area contributed by atoms with E-state index in [0.29, 0.717) is 51.3 Å². The molecule has 1 saturated carbocycles. The number of hydrogen-bond acceptors (Lipinski definition) is 5. The predicted octanol–water partition coefficient (Wildman–Crippen LogP) is 2.31. The zero-order valence-electron chi connectivity index (χ0n) is 16.8. The van der Waals surface area contributed by atoms with E-state index >= 15 is 0 Å². The molecule has 7 heteroatoms. The van der Waals surface area contributed by atoms with Gasteiger partial charge in [-0.25, -0.2) is 0 Å². The highest BCUT2D eigenvalue weighted by molar-refractivity contribution is 5.95. The molecule has 0 unspecified atom stereocenters. The number of carbonyl (C=O) groups is 2. The highest BCUT2D eigenvalue weighted by Gasteiger charge is 2.45. The molecule has 0 atom stereocenters. The summed E-state index contributed by atoms with van der Waals surface area (Å²) in [5, 5.41) is 13.5. The van der Waals surface area contributed by atoms with E-state index in [1.807, 2.05) is 42.5 Å². The third kappa shape index (κ3) is 3.29. The van der Waals surface area contributed by atoms with E-state index in [1.54, 1.807) is 9.80 Å². The van der Waals surface area contributed by atoms with Gasteiger partial charge in [-0.3, -0.25) is 9.59 Å². The van der Waals surface area contributed by atoms with E-state index in [1.165, 1.54) is 0 Å². The number of carbonyl (C=O) groups excluding carboxylic acids is 2. The number of benzene rings is 2. The first-order valence-electron chi connectivity index (χ1n) is 10.5. The summed E-state index contributed by atoms with van der Waals surface area (Å²) in [5.41, 5.74) is 2.55. The first kappa shape index (κ1) is 18.9. The first-order chi connectivity index (χ1) is 14.5. The summed E-state index contributed by atoms with van der Waals surface area (Å²) in [7, 11) is 0. The number of aliphatic hydroxyl groups is 1. The molecule has 2 N–H and O–H groups in total. The molecular formula is C23H25N3O4. The van der Waals surface area contributed by atoms with Crippen molar-refractivity contribution in [3.05, 3.63) is 48.0 Å². The van der Waals surface area contributed by atoms with Crippen molar-refractivity contribution < 1.29 is 19.4 Å². The van der Waals surface area contributed by atoms with E-state index in [9.17, 15) is 14.7 Å². The van der Waals surface area contributed by atoms with Crippen molar-refractivity contribution in [3.63, 3.8) is 0 Å². The Hall–Kier alpha value is -3.06. The normalized spacial score (nSPS) is 19.4. The Morgan fingerprint density at radius 3 is 2.27 bits per heavy atom. The number of ether oxygens (including phenoxy) is 1. The van der Waals surface area contributed by atoms with Crippen LogP contribution >= 0.6 is 0 Å². The number of anilines is 1. The van der Waals surface area contributed by atoms with Crippen molar-refractivity contribution in [1.82, 2.24) is 9.80 Å². The van der Waals surface area contributed by atoms with Gasteiger partial charge in [-0.2, -0.15) is 0 Å². The summed E-state index contributed by atoms with van der Waals surface area (Å²) in [6.45, 7) is 2.40. The minimum atomic E-state index is -1.17. The lowest BCUT2D eigenvalue weighted by Gasteiger charge is -2.42. The van der Waals surface area contributed by atoms with E-state index < -0.39 is 5.60 Å². The highest BCUT2D eigenvalue weighted by Crippen LogP contribution is 2.34. The molecule has 2 heterocycles. The van der Waals surface area contributed by atoms with E-state index in [-0.39, 0.29) is 11.8 Å². The molecule has 30 heavy (non-hydrogen) atoms. The fourth-order valence-electron chi connectivity index (χ4n) is 4.29. The van der Waals surface area contributed by atoms with Gasteiger partial charge in [0.15, 0.2) is 6.73 Å². The second-order valence-electron chi connectivity index (χ2n) is 8.22. The van der Waals surface area contributed by atoms with Gasteiger partial charge in [0, 0.05) is 31.7 Å². The molecule has 2 aromatic carbocycles. The smallest absolute Gasteiger partial charge is 0.254 e. The molecular weight excluding hydrogens is 382 g/mol. The van der Waals surface area contributed by atoms with Crippen molar-refractivity contribution in [2.24, 2.45) is 0 Å². The monoisotopic (exact) mass is 407 g/mol. The maximum absolute atomic E-state index is 12.9. The molecule has 2 aliphatic heterocycles. The minimum Gasteiger partial charge on any atom is -0.471 e. The van der Waals surface area contributed by atoms with Gasteiger partial charge in [0.05, 0.1) is 5.69 Å². The second-order valence-corrected chi connectivity index (χ2v) is 8.22. The van der Waals surface area contributed by atoms with Crippen LogP contribution in [0, 0.1) is 0 Å². The first-order valence-corrected chi connectivity index (χ1v) is 10.5. The molecule has 2 fully saturated rings. The summed E-state index contributed by atoms with van der Waals surface area (Å²) < 4.78 is 5.46. The van der Waals surface area contributed by atoms with Crippen molar-refractivity contribution >= 4 is 17.5 Å². The Morgan fingerprint density at radius 1 is 0.933 bits per heavy atom. The quantitative estimate of drug-likeness (QED) is 0.816. The molecule has 0 bridgehead atoms. The third-order valence-corrected chi connectivity index (χ3v) is 6.37. The fourth-order valence-corrected chi connectivity index (χ4v) is 4.29. The number of nitrogens with one attached hydrogen (secondary N) is 1. The van der Waals surface area contributed by atoms with Gasteiger partial charge in [0.25, 0.3) is 11.8 Å². The van der Waals surface area contributed by atoms with Crippen molar-refractivity contribution in [2.45, 2.75) is 24.9 Å². The summed E-state index contributed by atoms with van der Waals surface area (Å²) in [6, 6.07) is 13.6. The van der Waals surface area contributed by atoms with Crippen LogP contribution in [0.25, 0.3) is 11.1 Å². The number of rotatable bonds is 3. The van der Waals surface area contributed by atoms with Gasteiger partial charge in [-0.1, -0.05) is 18.2 Å². The molecule has 3 aliphatic rings. The summed E-state index contributed by atoms with van der Waals surface area (Å²) in [4.78, 5) is 28.8. The SMILES string of the molecule is O=C(c1ccc(-c2ccc3c(c2)NCO3)cc1)N1CCN(C(=O)C2(O)CCC2)CC1. The van der Waals surface area contributed by atoms with E-state index in [0.717, 1.165) is 29.0 Å². The standard InChI is InChI=1S/C23H25N3O4/c27-21(25-10-12-26(13-11-25)22(28)23(29)8-1-9-23)17-4-2-16(3-5-17)18-6-7-20-19(14-18)24-15-30-20/h2-7,14,24,29H,1,8-13,15H2. The number of amides is 2. The summed E-state index contributed by atoms with van der Waals surface area (Å²) >= 11 is 0. The lowest BCUT2D eigenvalue weighted by atomic mass is 9.79. The maximum Gasteiger partial charge on any atom is 0.254 e. The fraction of sp³-hybridized carbons (Fsp3) is 0.391. The third-order valence-electron chi connectivity index (χ3n) is 6.37. The molecule has 0 spiro atoms. The van der Waals surface area contributed by atoms with Crippen molar-refractivity contribution in [3.8, 4) is 16.9 Å². The van der Waals surface area contributed by atoms with Crippen LogP contribution in [0.1, 0.15) is 29.6 Å². The predicted molar refractivity (Wildman–Crippen MR) is 112 cm³/mol. The molecule has 0 radical (unpaired) electrons. The van der Waals surface area contributed by atoms with E-state index in [2.05, 4.69) is 5.32 Å². The lowest BCUT2D eigenvalue weighted by Crippen LogP contribution is -2.58. The Morgan fingerprint density at radius 2 is 1.60 bits per heavy atom. The Labute approximate surface area is 175 Å². The van der Waals surface area contributed by atoms with Gasteiger partial charge in [0.2, 0.25) is 0 Å². The van der Waals surface area contributed by atoms with Gasteiger partial charge in [0.1, 0.15) is 11.4 Å². The number of nitrogens with zero attached hydrogens (tertiary/aromatic N) is 2. The van der Waals surface area contributed by atoms with Crippen molar-refractivity contribution in [2.75, 3.05) is 38.2 Å². The van der Waals surface area contributed by atoms with Crippen LogP contribution in [0.3, 0.4) is 0 Å². The Balaban J connectivity index is 1.22. The van der Waals surface area contributed by atoms with Gasteiger partial charge in [-0.15, -0.1) is 0 Å². The average Bonchev–Trinajstić information content (AvgIpc) is 3.24. The zero-order chi connectivity index (χ0) is 20.7. The molecule has 2 amide bonds. The summed E-state index contributed by atoms with van der Waals surface area (Å²) in [5.74, 6) is 0.645. The molecule has 1 aliphatic carbocycles. The van der Waals surface area contributed by atoms with Gasteiger partial charge in [-0.05, 0) is 54.7 Å². The van der Waals surface area contributed by atoms with Crippen molar-refractivity contribution in [1.29, 1.82) is 0 Å². The maximum atomic E-state index is 12.9.